The van der Waals surface area contributed by atoms with E-state index >= 15 is 0 Å². The van der Waals surface area contributed by atoms with Gasteiger partial charge >= 0.3 is 0 Å². The molecule has 1 heterocycles. The summed E-state index contributed by atoms with van der Waals surface area (Å²) in [7, 11) is 0. The van der Waals surface area contributed by atoms with Crippen molar-refractivity contribution in [3.8, 4) is 5.75 Å². The van der Waals surface area contributed by atoms with Gasteiger partial charge in [-0.1, -0.05) is 34.1 Å². The lowest BCUT2D eigenvalue weighted by Crippen LogP contribution is -2.54. The minimum Gasteiger partial charge on any atom is -0.483 e. The first-order valence-electron chi connectivity index (χ1n) is 9.74. The van der Waals surface area contributed by atoms with Crippen LogP contribution >= 0.6 is 15.9 Å². The van der Waals surface area contributed by atoms with Crippen molar-refractivity contribution in [3.63, 3.8) is 0 Å². The van der Waals surface area contributed by atoms with E-state index in [2.05, 4.69) is 34.3 Å². The van der Waals surface area contributed by atoms with Crippen LogP contribution in [0.1, 0.15) is 18.1 Å². The number of hydrogen-bond acceptors (Lipinski definition) is 3. The number of hydrogen-bond donors (Lipinski definition) is 0. The summed E-state index contributed by atoms with van der Waals surface area (Å²) in [5.41, 5.74) is 2.08. The Bertz CT molecular complexity index is 856. The third-order valence-electron chi connectivity index (χ3n) is 5.09. The molecule has 4 nitrogen and oxygen atoms in total. The molecule has 0 spiro atoms. The van der Waals surface area contributed by atoms with Gasteiger partial charge in [0.25, 0.3) is 5.91 Å². The predicted octanol–water partition coefficient (Wildman–Crippen LogP) is 4.43. The van der Waals surface area contributed by atoms with Crippen LogP contribution in [0, 0.1) is 5.82 Å². The van der Waals surface area contributed by atoms with Gasteiger partial charge in [0, 0.05) is 36.7 Å². The summed E-state index contributed by atoms with van der Waals surface area (Å²) in [5.74, 6) is 0.481. The fraction of sp³-hybridized carbons (Fsp3) is 0.348. The smallest absolute Gasteiger partial charge is 0.260 e. The molecule has 29 heavy (non-hydrogen) atoms. The molecule has 0 N–H and O–H groups in total. The van der Waals surface area contributed by atoms with Crippen LogP contribution in [0.15, 0.2) is 59.6 Å². The lowest BCUT2D eigenvalue weighted by Gasteiger charge is -2.39. The highest BCUT2D eigenvalue weighted by Gasteiger charge is 2.27. The van der Waals surface area contributed by atoms with Gasteiger partial charge in [-0.15, -0.1) is 6.58 Å². The molecular weight excluding hydrogens is 435 g/mol. The Morgan fingerprint density at radius 3 is 2.72 bits per heavy atom. The summed E-state index contributed by atoms with van der Waals surface area (Å²) in [6, 6.07) is 12.5. The zero-order valence-electron chi connectivity index (χ0n) is 16.6. The zero-order valence-corrected chi connectivity index (χ0v) is 18.2. The van der Waals surface area contributed by atoms with Crippen molar-refractivity contribution in [1.29, 1.82) is 0 Å². The first-order valence-corrected chi connectivity index (χ1v) is 10.5. The van der Waals surface area contributed by atoms with Crippen molar-refractivity contribution in [2.24, 2.45) is 0 Å². The highest BCUT2D eigenvalue weighted by molar-refractivity contribution is 9.10. The average molecular weight is 461 g/mol. The second-order valence-electron chi connectivity index (χ2n) is 7.33. The van der Waals surface area contributed by atoms with Gasteiger partial charge in [-0.3, -0.25) is 9.69 Å². The van der Waals surface area contributed by atoms with E-state index in [4.69, 9.17) is 4.74 Å². The van der Waals surface area contributed by atoms with Crippen molar-refractivity contribution in [1.82, 2.24) is 9.80 Å². The van der Waals surface area contributed by atoms with Crippen molar-refractivity contribution in [2.45, 2.75) is 25.9 Å². The lowest BCUT2D eigenvalue weighted by molar-refractivity contribution is -0.138. The molecular formula is C23H26BrFN2O2. The molecule has 1 amide bonds. The van der Waals surface area contributed by atoms with Crippen LogP contribution in [-0.2, 0) is 17.8 Å². The maximum Gasteiger partial charge on any atom is 0.260 e. The van der Waals surface area contributed by atoms with Crippen LogP contribution in [0.2, 0.25) is 0 Å². The molecule has 1 atom stereocenters. The Kier molecular flexibility index (Phi) is 7.45. The van der Waals surface area contributed by atoms with E-state index in [0.717, 1.165) is 35.2 Å². The van der Waals surface area contributed by atoms with E-state index in [0.29, 0.717) is 18.7 Å². The van der Waals surface area contributed by atoms with Gasteiger partial charge in [-0.05, 0) is 54.8 Å². The summed E-state index contributed by atoms with van der Waals surface area (Å²) in [5, 5.41) is 0. The molecule has 0 radical (unpaired) electrons. The van der Waals surface area contributed by atoms with Crippen LogP contribution in [0.25, 0.3) is 0 Å². The van der Waals surface area contributed by atoms with Crippen molar-refractivity contribution < 1.29 is 13.9 Å². The fourth-order valence-corrected chi connectivity index (χ4v) is 4.03. The predicted molar refractivity (Wildman–Crippen MR) is 116 cm³/mol. The summed E-state index contributed by atoms with van der Waals surface area (Å²) < 4.78 is 19.9. The van der Waals surface area contributed by atoms with E-state index in [1.54, 1.807) is 0 Å². The number of carbonyl (C=O) groups is 1. The zero-order chi connectivity index (χ0) is 20.8. The number of allylic oxidation sites excluding steroid dienone is 1. The number of rotatable bonds is 7. The third kappa shape index (κ3) is 5.90. The van der Waals surface area contributed by atoms with E-state index in [-0.39, 0.29) is 24.4 Å². The summed E-state index contributed by atoms with van der Waals surface area (Å²) in [4.78, 5) is 16.9. The normalized spacial score (nSPS) is 17.2. The van der Waals surface area contributed by atoms with Gasteiger partial charge in [0.2, 0.25) is 0 Å². The van der Waals surface area contributed by atoms with Gasteiger partial charge in [-0.25, -0.2) is 4.39 Å². The Morgan fingerprint density at radius 1 is 1.28 bits per heavy atom. The molecule has 1 fully saturated rings. The number of ether oxygens (including phenoxy) is 1. The van der Waals surface area contributed by atoms with E-state index in [1.165, 1.54) is 12.1 Å². The molecule has 1 aliphatic rings. The minimum absolute atomic E-state index is 0.00796. The molecule has 0 aromatic heterocycles. The largest absolute Gasteiger partial charge is 0.483 e. The van der Waals surface area contributed by atoms with Crippen molar-refractivity contribution in [3.05, 3.63) is 76.5 Å². The molecule has 2 aromatic rings. The Morgan fingerprint density at radius 2 is 2.03 bits per heavy atom. The second-order valence-corrected chi connectivity index (χ2v) is 8.25. The monoisotopic (exact) mass is 460 g/mol. The summed E-state index contributed by atoms with van der Waals surface area (Å²) in [6.45, 7) is 8.83. The van der Waals surface area contributed by atoms with Crippen LogP contribution in [0.5, 0.6) is 5.75 Å². The first kappa shape index (κ1) is 21.5. The third-order valence-corrected chi connectivity index (χ3v) is 5.58. The van der Waals surface area contributed by atoms with Gasteiger partial charge in [0.15, 0.2) is 6.61 Å². The van der Waals surface area contributed by atoms with Gasteiger partial charge in [0.1, 0.15) is 11.6 Å². The van der Waals surface area contributed by atoms with E-state index < -0.39 is 0 Å². The van der Waals surface area contributed by atoms with Gasteiger partial charge in [0.05, 0.1) is 0 Å². The van der Waals surface area contributed by atoms with E-state index in [9.17, 15) is 9.18 Å². The second kappa shape index (κ2) is 10.0. The molecule has 3 rings (SSSR count). The number of amides is 1. The minimum atomic E-state index is -0.223. The number of nitrogens with zero attached hydrogens (tertiary/aromatic N) is 2. The average Bonchev–Trinajstić information content (AvgIpc) is 2.69. The van der Waals surface area contributed by atoms with Crippen LogP contribution in [-0.4, -0.2) is 48.0 Å². The maximum absolute atomic E-state index is 13.1. The Hall–Kier alpha value is -2.18. The SMILES string of the molecule is C=CCc1cc(Br)ccc1OCC(=O)N1CCN(Cc2ccc(F)cc2)C[C@H]1C. The molecule has 0 saturated carbocycles. The summed E-state index contributed by atoms with van der Waals surface area (Å²) >= 11 is 3.46. The van der Waals surface area contributed by atoms with Crippen LogP contribution in [0.3, 0.4) is 0 Å². The summed E-state index contributed by atoms with van der Waals surface area (Å²) in [6.07, 6.45) is 2.50. The number of halogens is 2. The first-order chi connectivity index (χ1) is 14.0. The maximum atomic E-state index is 13.1. The van der Waals surface area contributed by atoms with Crippen LogP contribution < -0.4 is 4.74 Å². The van der Waals surface area contributed by atoms with Gasteiger partial charge in [-0.2, -0.15) is 0 Å². The van der Waals surface area contributed by atoms with Crippen LogP contribution in [0.4, 0.5) is 4.39 Å². The fourth-order valence-electron chi connectivity index (χ4n) is 3.62. The molecule has 1 aliphatic heterocycles. The standard InChI is InChI=1S/C23H26BrFN2O2/c1-3-4-19-13-20(24)7-10-22(19)29-16-23(28)27-12-11-26(14-17(27)2)15-18-5-8-21(25)9-6-18/h3,5-10,13,17H,1,4,11-12,14-16H2,2H3/t17-/m1/s1. The molecule has 2 aromatic carbocycles. The van der Waals surface area contributed by atoms with E-state index in [1.807, 2.05) is 41.3 Å². The molecule has 1 saturated heterocycles. The Labute approximate surface area is 180 Å². The highest BCUT2D eigenvalue weighted by Crippen LogP contribution is 2.24. The topological polar surface area (TPSA) is 32.8 Å². The molecule has 0 aliphatic carbocycles. The number of benzene rings is 2. The molecule has 6 heteroatoms. The van der Waals surface area contributed by atoms with Gasteiger partial charge < -0.3 is 9.64 Å². The number of carbonyl (C=O) groups excluding carboxylic acids is 1. The molecule has 0 unspecified atom stereocenters. The molecule has 0 bridgehead atoms. The molecule has 154 valence electrons. The quantitative estimate of drug-likeness (QED) is 0.573. The van der Waals surface area contributed by atoms with Crippen molar-refractivity contribution >= 4 is 21.8 Å². The number of piperazine rings is 1. The van der Waals surface area contributed by atoms with Crippen molar-refractivity contribution in [2.75, 3.05) is 26.2 Å². The Balaban J connectivity index is 1.53. The highest BCUT2D eigenvalue weighted by atomic mass is 79.9. The lowest BCUT2D eigenvalue weighted by atomic mass is 10.1.